The van der Waals surface area contributed by atoms with Crippen LogP contribution in [0, 0.1) is 0 Å². The highest BCUT2D eigenvalue weighted by molar-refractivity contribution is 7.92. The lowest BCUT2D eigenvalue weighted by Gasteiger charge is -2.24. The van der Waals surface area contributed by atoms with Crippen LogP contribution in [0.5, 0.6) is 5.75 Å². The van der Waals surface area contributed by atoms with Crippen molar-refractivity contribution in [2.24, 2.45) is 0 Å². The Morgan fingerprint density at radius 2 is 1.74 bits per heavy atom. The Morgan fingerprint density at radius 3 is 2.38 bits per heavy atom. The SMILES string of the molecule is COc1ccc(NS(=O)(=O)c2cc(C(=O)C=C3N(C)c4ccccc4C3(C)C)ccc2Cl)cc1. The van der Waals surface area contributed by atoms with E-state index in [1.165, 1.54) is 25.3 Å². The van der Waals surface area contributed by atoms with Crippen LogP contribution in [0.3, 0.4) is 0 Å². The molecule has 3 aromatic rings. The molecule has 0 radical (unpaired) electrons. The monoisotopic (exact) mass is 496 g/mol. The molecule has 8 heteroatoms. The number of methoxy groups -OCH3 is 1. The van der Waals surface area contributed by atoms with Gasteiger partial charge in [-0.25, -0.2) is 8.42 Å². The molecule has 34 heavy (non-hydrogen) atoms. The summed E-state index contributed by atoms with van der Waals surface area (Å²) in [5, 5.41) is 0.0240. The Labute approximate surface area is 204 Å². The van der Waals surface area contributed by atoms with Gasteiger partial charge in [0.25, 0.3) is 10.0 Å². The van der Waals surface area contributed by atoms with Gasteiger partial charge >= 0.3 is 0 Å². The van der Waals surface area contributed by atoms with Gasteiger partial charge in [0.15, 0.2) is 5.78 Å². The first-order chi connectivity index (χ1) is 16.0. The minimum absolute atomic E-state index is 0.0240. The van der Waals surface area contributed by atoms with Gasteiger partial charge in [0.2, 0.25) is 0 Å². The third-order valence-electron chi connectivity index (χ3n) is 6.06. The van der Waals surface area contributed by atoms with Crippen LogP contribution in [0.25, 0.3) is 0 Å². The molecule has 176 valence electrons. The Morgan fingerprint density at radius 1 is 1.06 bits per heavy atom. The van der Waals surface area contributed by atoms with E-state index in [1.54, 1.807) is 30.3 Å². The van der Waals surface area contributed by atoms with E-state index in [4.69, 9.17) is 16.3 Å². The minimum Gasteiger partial charge on any atom is -0.497 e. The number of para-hydroxylation sites is 1. The number of ether oxygens (including phenoxy) is 1. The van der Waals surface area contributed by atoms with Gasteiger partial charge < -0.3 is 9.64 Å². The second kappa shape index (κ2) is 8.81. The number of benzene rings is 3. The number of allylic oxidation sites excluding steroid dienone is 2. The van der Waals surface area contributed by atoms with Crippen molar-refractivity contribution in [2.75, 3.05) is 23.8 Å². The van der Waals surface area contributed by atoms with Crippen LogP contribution >= 0.6 is 11.6 Å². The maximum atomic E-state index is 13.2. The van der Waals surface area contributed by atoms with E-state index in [-0.39, 0.29) is 26.7 Å². The zero-order valence-electron chi connectivity index (χ0n) is 19.3. The Kier molecular flexibility index (Phi) is 6.18. The summed E-state index contributed by atoms with van der Waals surface area (Å²) < 4.78 is 33.7. The molecule has 3 aromatic carbocycles. The molecule has 0 bridgehead atoms. The summed E-state index contributed by atoms with van der Waals surface area (Å²) in [6.07, 6.45) is 1.57. The zero-order chi connectivity index (χ0) is 24.7. The van der Waals surface area contributed by atoms with Crippen molar-refractivity contribution in [3.63, 3.8) is 0 Å². The number of ketones is 1. The lowest BCUT2D eigenvalue weighted by Crippen LogP contribution is -2.24. The molecule has 4 rings (SSSR count). The maximum absolute atomic E-state index is 13.2. The van der Waals surface area contributed by atoms with E-state index >= 15 is 0 Å². The van der Waals surface area contributed by atoms with Crippen LogP contribution in [0.1, 0.15) is 29.8 Å². The second-order valence-electron chi connectivity index (χ2n) is 8.57. The van der Waals surface area contributed by atoms with Gasteiger partial charge in [-0.3, -0.25) is 9.52 Å². The van der Waals surface area contributed by atoms with Crippen LogP contribution in [0.4, 0.5) is 11.4 Å². The molecule has 1 heterocycles. The number of carbonyl (C=O) groups excluding carboxylic acids is 1. The average molecular weight is 497 g/mol. The number of sulfonamides is 1. The summed E-state index contributed by atoms with van der Waals surface area (Å²) in [7, 11) is -0.583. The Bertz CT molecular complexity index is 1400. The van der Waals surface area contributed by atoms with Crippen LogP contribution < -0.4 is 14.4 Å². The summed E-state index contributed by atoms with van der Waals surface area (Å²) in [4.78, 5) is 15.1. The molecular formula is C26H25ClN2O4S. The number of halogens is 1. The molecule has 0 saturated carbocycles. The van der Waals surface area contributed by atoms with Gasteiger partial charge in [-0.05, 0) is 54.1 Å². The van der Waals surface area contributed by atoms with E-state index in [0.717, 1.165) is 16.9 Å². The number of hydrogen-bond donors (Lipinski definition) is 1. The highest BCUT2D eigenvalue weighted by Gasteiger charge is 2.38. The summed E-state index contributed by atoms with van der Waals surface area (Å²) in [5.41, 5.74) is 3.19. The third-order valence-corrected chi connectivity index (χ3v) is 7.92. The molecule has 1 aliphatic heterocycles. The largest absolute Gasteiger partial charge is 0.497 e. The zero-order valence-corrected chi connectivity index (χ0v) is 20.9. The fraction of sp³-hybridized carbons (Fsp3) is 0.192. The van der Waals surface area contributed by atoms with Crippen molar-refractivity contribution in [3.05, 3.63) is 94.7 Å². The molecular weight excluding hydrogens is 472 g/mol. The fourth-order valence-corrected chi connectivity index (χ4v) is 5.78. The number of nitrogens with one attached hydrogen (secondary N) is 1. The minimum atomic E-state index is -4.03. The van der Waals surface area contributed by atoms with E-state index in [9.17, 15) is 13.2 Å². The number of rotatable bonds is 6. The summed E-state index contributed by atoms with van der Waals surface area (Å²) in [6.45, 7) is 4.12. The summed E-state index contributed by atoms with van der Waals surface area (Å²) in [5.74, 6) is 0.295. The first-order valence-corrected chi connectivity index (χ1v) is 12.5. The van der Waals surface area contributed by atoms with Crippen molar-refractivity contribution < 1.29 is 17.9 Å². The average Bonchev–Trinajstić information content (AvgIpc) is 3.00. The van der Waals surface area contributed by atoms with E-state index in [1.807, 2.05) is 30.1 Å². The van der Waals surface area contributed by atoms with Gasteiger partial charge in [-0.2, -0.15) is 0 Å². The Balaban J connectivity index is 1.66. The van der Waals surface area contributed by atoms with Crippen molar-refractivity contribution in [1.29, 1.82) is 0 Å². The Hall–Kier alpha value is -3.29. The number of anilines is 2. The van der Waals surface area contributed by atoms with Crippen LogP contribution in [0.15, 0.2) is 83.4 Å². The highest BCUT2D eigenvalue weighted by Crippen LogP contribution is 2.46. The molecule has 1 aliphatic rings. The summed E-state index contributed by atoms with van der Waals surface area (Å²) >= 11 is 6.22. The molecule has 0 amide bonds. The highest BCUT2D eigenvalue weighted by atomic mass is 35.5. The van der Waals surface area contributed by atoms with Gasteiger partial charge in [0, 0.05) is 41.2 Å². The van der Waals surface area contributed by atoms with Crippen molar-refractivity contribution in [3.8, 4) is 5.75 Å². The van der Waals surface area contributed by atoms with E-state index < -0.39 is 10.0 Å². The van der Waals surface area contributed by atoms with Crippen molar-refractivity contribution in [1.82, 2.24) is 0 Å². The van der Waals surface area contributed by atoms with Crippen LogP contribution in [0.2, 0.25) is 5.02 Å². The van der Waals surface area contributed by atoms with Gasteiger partial charge in [0.1, 0.15) is 10.6 Å². The normalized spacial score (nSPS) is 15.8. The number of hydrogen-bond acceptors (Lipinski definition) is 5. The molecule has 0 aliphatic carbocycles. The first kappa shape index (κ1) is 23.9. The van der Waals surface area contributed by atoms with Gasteiger partial charge in [-0.15, -0.1) is 0 Å². The second-order valence-corrected chi connectivity index (χ2v) is 10.6. The first-order valence-electron chi connectivity index (χ1n) is 10.6. The van der Waals surface area contributed by atoms with Crippen LogP contribution in [-0.4, -0.2) is 28.4 Å². The number of nitrogens with zero attached hydrogens (tertiary/aromatic N) is 1. The van der Waals surface area contributed by atoms with E-state index in [0.29, 0.717) is 11.4 Å². The molecule has 6 nitrogen and oxygen atoms in total. The standard InChI is InChI=1S/C26H25ClN2O4S/c1-26(2)20-7-5-6-8-22(20)29(3)25(26)16-23(30)17-9-14-21(27)24(15-17)34(31,32)28-18-10-12-19(33-4)13-11-18/h5-16,28H,1-4H3. The summed E-state index contributed by atoms with van der Waals surface area (Å²) in [6, 6.07) is 18.7. The lowest BCUT2D eigenvalue weighted by molar-refractivity contribution is 0.104. The topological polar surface area (TPSA) is 75.7 Å². The van der Waals surface area contributed by atoms with Crippen molar-refractivity contribution >= 4 is 38.8 Å². The van der Waals surface area contributed by atoms with Gasteiger partial charge in [0.05, 0.1) is 12.1 Å². The molecule has 0 unspecified atom stereocenters. The fourth-order valence-electron chi connectivity index (χ4n) is 4.20. The maximum Gasteiger partial charge on any atom is 0.263 e. The van der Waals surface area contributed by atoms with Gasteiger partial charge in [-0.1, -0.05) is 43.6 Å². The smallest absolute Gasteiger partial charge is 0.263 e. The van der Waals surface area contributed by atoms with Crippen LogP contribution in [-0.2, 0) is 15.4 Å². The number of likely N-dealkylation sites (N-methyl/N-ethyl adjacent to an activating group) is 1. The number of carbonyl (C=O) groups is 1. The number of fused-ring (bicyclic) bond motifs is 1. The quantitative estimate of drug-likeness (QED) is 0.353. The molecule has 0 atom stereocenters. The molecule has 0 saturated heterocycles. The molecule has 1 N–H and O–H groups in total. The van der Waals surface area contributed by atoms with E-state index in [2.05, 4.69) is 24.6 Å². The molecule has 0 spiro atoms. The predicted octanol–water partition coefficient (Wildman–Crippen LogP) is 5.64. The lowest BCUT2D eigenvalue weighted by atomic mass is 9.83. The molecule has 0 aromatic heterocycles. The third kappa shape index (κ3) is 4.29. The predicted molar refractivity (Wildman–Crippen MR) is 136 cm³/mol. The molecule has 0 fully saturated rings. The van der Waals surface area contributed by atoms with Crippen molar-refractivity contribution in [2.45, 2.75) is 24.2 Å².